The second-order valence-corrected chi connectivity index (χ2v) is 9.40. The zero-order chi connectivity index (χ0) is 21.8. The molecule has 2 aliphatic heterocycles. The van der Waals surface area contributed by atoms with Crippen LogP contribution in [0.25, 0.3) is 0 Å². The van der Waals surface area contributed by atoms with E-state index in [0.29, 0.717) is 19.4 Å². The maximum atomic E-state index is 13.2. The number of hydrogen-bond donors (Lipinski definition) is 0. The van der Waals surface area contributed by atoms with Gasteiger partial charge in [-0.3, -0.25) is 4.79 Å². The van der Waals surface area contributed by atoms with Crippen LogP contribution >= 0.6 is 15.9 Å². The fourth-order valence-corrected chi connectivity index (χ4v) is 4.97. The largest absolute Gasteiger partial charge is 0.438 e. The molecule has 2 atom stereocenters. The lowest BCUT2D eigenvalue weighted by Gasteiger charge is -2.44. The molecule has 0 N–H and O–H groups in total. The molecule has 4 rings (SSSR count). The molecule has 0 radical (unpaired) electrons. The van der Waals surface area contributed by atoms with Gasteiger partial charge in [-0.2, -0.15) is 0 Å². The normalized spacial score (nSPS) is 22.5. The SMILES string of the molecule is C[C@@H](c1ccc(Br)cc1)N1CC[C@](CCCN2CCCC2=O)(c2ccccc2)OC1=O. The minimum Gasteiger partial charge on any atom is -0.438 e. The molecule has 0 unspecified atom stereocenters. The first-order chi connectivity index (χ1) is 15.0. The van der Waals surface area contributed by atoms with Crippen molar-refractivity contribution >= 4 is 27.9 Å². The Morgan fingerprint density at radius 2 is 1.81 bits per heavy atom. The van der Waals surface area contributed by atoms with Gasteiger partial charge in [-0.1, -0.05) is 58.4 Å². The van der Waals surface area contributed by atoms with Crippen LogP contribution in [-0.2, 0) is 15.1 Å². The van der Waals surface area contributed by atoms with E-state index in [0.717, 1.165) is 48.0 Å². The molecule has 0 aliphatic carbocycles. The summed E-state index contributed by atoms with van der Waals surface area (Å²) in [6.07, 6.45) is 3.59. The lowest BCUT2D eigenvalue weighted by atomic mass is 9.84. The summed E-state index contributed by atoms with van der Waals surface area (Å²) in [7, 11) is 0. The fourth-order valence-electron chi connectivity index (χ4n) is 4.70. The van der Waals surface area contributed by atoms with Crippen LogP contribution in [0.1, 0.15) is 56.2 Å². The molecule has 0 spiro atoms. The molecule has 164 valence electrons. The summed E-state index contributed by atoms with van der Waals surface area (Å²) in [5, 5.41) is 0. The van der Waals surface area contributed by atoms with Crippen LogP contribution in [0.15, 0.2) is 59.1 Å². The average molecular weight is 485 g/mol. The molecule has 2 aliphatic rings. The van der Waals surface area contributed by atoms with E-state index >= 15 is 0 Å². The Kier molecular flexibility index (Phi) is 6.65. The molecule has 2 aromatic carbocycles. The van der Waals surface area contributed by atoms with E-state index < -0.39 is 5.60 Å². The van der Waals surface area contributed by atoms with Crippen molar-refractivity contribution in [1.82, 2.24) is 9.80 Å². The Labute approximate surface area is 192 Å². The number of amides is 2. The molecule has 2 saturated heterocycles. The first-order valence-electron chi connectivity index (χ1n) is 11.1. The molecule has 0 saturated carbocycles. The Morgan fingerprint density at radius 3 is 2.45 bits per heavy atom. The maximum absolute atomic E-state index is 13.2. The third-order valence-corrected chi connectivity index (χ3v) is 7.10. The third-order valence-electron chi connectivity index (χ3n) is 6.57. The van der Waals surface area contributed by atoms with E-state index in [1.54, 1.807) is 0 Å². The van der Waals surface area contributed by atoms with E-state index in [1.807, 2.05) is 71.3 Å². The van der Waals surface area contributed by atoms with E-state index in [1.165, 1.54) is 0 Å². The molecular weight excluding hydrogens is 456 g/mol. The molecule has 2 amide bonds. The highest BCUT2D eigenvalue weighted by Gasteiger charge is 2.43. The molecule has 5 nitrogen and oxygen atoms in total. The van der Waals surface area contributed by atoms with Gasteiger partial charge in [0.1, 0.15) is 5.60 Å². The number of likely N-dealkylation sites (tertiary alicyclic amines) is 1. The number of ether oxygens (including phenoxy) is 1. The number of benzene rings is 2. The molecule has 2 aromatic rings. The summed E-state index contributed by atoms with van der Waals surface area (Å²) in [5.41, 5.74) is 1.48. The summed E-state index contributed by atoms with van der Waals surface area (Å²) in [5.74, 6) is 0.240. The summed E-state index contributed by atoms with van der Waals surface area (Å²) in [6.45, 7) is 4.24. The first-order valence-corrected chi connectivity index (χ1v) is 11.9. The summed E-state index contributed by atoms with van der Waals surface area (Å²) >= 11 is 3.47. The monoisotopic (exact) mass is 484 g/mol. The molecule has 2 fully saturated rings. The zero-order valence-electron chi connectivity index (χ0n) is 17.9. The van der Waals surface area contributed by atoms with Gasteiger partial charge in [0.15, 0.2) is 0 Å². The predicted octanol–water partition coefficient (Wildman–Crippen LogP) is 5.65. The van der Waals surface area contributed by atoms with Gasteiger partial charge in [-0.05, 0) is 49.4 Å². The van der Waals surface area contributed by atoms with Crippen LogP contribution in [-0.4, -0.2) is 41.4 Å². The summed E-state index contributed by atoms with van der Waals surface area (Å²) in [4.78, 5) is 28.9. The van der Waals surface area contributed by atoms with Crippen molar-refractivity contribution in [2.75, 3.05) is 19.6 Å². The highest BCUT2D eigenvalue weighted by Crippen LogP contribution is 2.40. The topological polar surface area (TPSA) is 49.9 Å². The summed E-state index contributed by atoms with van der Waals surface area (Å²) < 4.78 is 7.22. The van der Waals surface area contributed by atoms with Crippen molar-refractivity contribution in [2.24, 2.45) is 0 Å². The highest BCUT2D eigenvalue weighted by atomic mass is 79.9. The van der Waals surface area contributed by atoms with E-state index in [2.05, 4.69) is 15.9 Å². The number of cyclic esters (lactones) is 1. The number of hydrogen-bond acceptors (Lipinski definition) is 3. The number of carbonyl (C=O) groups is 2. The van der Waals surface area contributed by atoms with Gasteiger partial charge in [0.2, 0.25) is 5.91 Å². The van der Waals surface area contributed by atoms with Crippen molar-refractivity contribution in [3.05, 3.63) is 70.2 Å². The Hall–Kier alpha value is -2.34. The van der Waals surface area contributed by atoms with Crippen LogP contribution in [0.5, 0.6) is 0 Å². The highest BCUT2D eigenvalue weighted by molar-refractivity contribution is 9.10. The molecule has 0 aromatic heterocycles. The van der Waals surface area contributed by atoms with Gasteiger partial charge in [-0.25, -0.2) is 4.79 Å². The molecule has 31 heavy (non-hydrogen) atoms. The van der Waals surface area contributed by atoms with Crippen molar-refractivity contribution in [2.45, 2.75) is 50.7 Å². The maximum Gasteiger partial charge on any atom is 0.411 e. The molecule has 2 heterocycles. The van der Waals surface area contributed by atoms with Gasteiger partial charge >= 0.3 is 6.09 Å². The minimum absolute atomic E-state index is 0.0587. The quantitative estimate of drug-likeness (QED) is 0.509. The first kappa shape index (κ1) is 21.9. The van der Waals surface area contributed by atoms with Crippen LogP contribution in [0, 0.1) is 0 Å². The van der Waals surface area contributed by atoms with Crippen molar-refractivity contribution in [3.8, 4) is 0 Å². The fraction of sp³-hybridized carbons (Fsp3) is 0.440. The van der Waals surface area contributed by atoms with Crippen molar-refractivity contribution in [3.63, 3.8) is 0 Å². The second kappa shape index (κ2) is 9.43. The van der Waals surface area contributed by atoms with Crippen LogP contribution in [0.4, 0.5) is 4.79 Å². The minimum atomic E-state index is -0.642. The third kappa shape index (κ3) is 4.79. The number of carbonyl (C=O) groups excluding carboxylic acids is 2. The predicted molar refractivity (Wildman–Crippen MR) is 124 cm³/mol. The van der Waals surface area contributed by atoms with Crippen molar-refractivity contribution < 1.29 is 14.3 Å². The Morgan fingerprint density at radius 1 is 1.06 bits per heavy atom. The standard InChI is InChI=1S/C25H29BrN2O3/c1-19(20-10-12-22(26)13-11-20)28-18-15-25(31-24(28)30,21-7-3-2-4-8-21)14-6-17-27-16-5-9-23(27)29/h2-4,7-8,10-13,19H,5-6,9,14-18H2,1H3/t19-,25+/m0/s1. The molecular formula is C25H29BrN2O3. The average Bonchev–Trinajstić information content (AvgIpc) is 3.19. The van der Waals surface area contributed by atoms with Gasteiger partial charge < -0.3 is 14.5 Å². The van der Waals surface area contributed by atoms with Crippen LogP contribution in [0.3, 0.4) is 0 Å². The smallest absolute Gasteiger partial charge is 0.411 e. The van der Waals surface area contributed by atoms with Gasteiger partial charge in [0, 0.05) is 36.9 Å². The van der Waals surface area contributed by atoms with E-state index in [4.69, 9.17) is 4.74 Å². The van der Waals surface area contributed by atoms with Gasteiger partial charge in [-0.15, -0.1) is 0 Å². The second-order valence-electron chi connectivity index (χ2n) is 8.49. The Bertz CT molecular complexity index is 918. The van der Waals surface area contributed by atoms with Crippen LogP contribution < -0.4 is 0 Å². The van der Waals surface area contributed by atoms with Crippen LogP contribution in [0.2, 0.25) is 0 Å². The van der Waals surface area contributed by atoms with Gasteiger partial charge in [0.25, 0.3) is 0 Å². The number of halogens is 1. The lowest BCUT2D eigenvalue weighted by Crippen LogP contribution is -2.49. The van der Waals surface area contributed by atoms with Gasteiger partial charge in [0.05, 0.1) is 6.04 Å². The Balaban J connectivity index is 1.48. The van der Waals surface area contributed by atoms with Crippen molar-refractivity contribution in [1.29, 1.82) is 0 Å². The summed E-state index contributed by atoms with van der Waals surface area (Å²) in [6, 6.07) is 18.1. The lowest BCUT2D eigenvalue weighted by molar-refractivity contribution is -0.128. The van der Waals surface area contributed by atoms with E-state index in [-0.39, 0.29) is 18.0 Å². The zero-order valence-corrected chi connectivity index (χ0v) is 19.5. The van der Waals surface area contributed by atoms with E-state index in [9.17, 15) is 9.59 Å². The molecule has 0 bridgehead atoms. The molecule has 6 heteroatoms. The number of nitrogens with zero attached hydrogens (tertiary/aromatic N) is 2. The number of rotatable bonds is 7.